The smallest absolute Gasteiger partial charge is 0.218 e. The second-order valence-corrected chi connectivity index (χ2v) is 7.23. The van der Waals surface area contributed by atoms with Gasteiger partial charge in [-0.2, -0.15) is 15.8 Å². The molecule has 1 spiro atoms. The van der Waals surface area contributed by atoms with Crippen LogP contribution in [-0.2, 0) is 9.47 Å². The maximum absolute atomic E-state index is 10.2. The average molecular weight is 362 g/mol. The number of benzene rings is 1. The third kappa shape index (κ3) is 1.84. The molecule has 4 aliphatic rings. The molecule has 3 aliphatic heterocycles. The Morgan fingerprint density at radius 1 is 1.15 bits per heavy atom. The van der Waals surface area contributed by atoms with Gasteiger partial charge in [-0.3, -0.25) is 5.41 Å². The Balaban J connectivity index is 2.03. The highest BCUT2D eigenvalue weighted by Gasteiger charge is 2.80. The normalized spacial score (nSPS) is 35.7. The van der Waals surface area contributed by atoms with Crippen LogP contribution in [0.25, 0.3) is 0 Å². The zero-order valence-corrected chi connectivity index (χ0v) is 14.9. The second-order valence-electron chi connectivity index (χ2n) is 7.23. The van der Waals surface area contributed by atoms with E-state index in [-0.39, 0.29) is 5.90 Å². The lowest BCUT2D eigenvalue weighted by molar-refractivity contribution is -0.360. The third-order valence-corrected chi connectivity index (χ3v) is 6.24. The first-order valence-corrected chi connectivity index (χ1v) is 8.88. The zero-order valence-electron chi connectivity index (χ0n) is 14.9. The fraction of sp³-hybridized carbons (Fsp3) is 0.500. The Labute approximate surface area is 157 Å². The van der Waals surface area contributed by atoms with Crippen molar-refractivity contribution in [1.29, 1.82) is 21.2 Å². The minimum Gasteiger partial charge on any atom is -0.496 e. The van der Waals surface area contributed by atoms with E-state index in [0.29, 0.717) is 24.2 Å². The molecular formula is C20H18N4O3. The number of hydrogen-bond acceptors (Lipinski definition) is 7. The van der Waals surface area contributed by atoms with Gasteiger partial charge >= 0.3 is 0 Å². The number of methoxy groups -OCH3 is 1. The predicted octanol–water partition coefficient (Wildman–Crippen LogP) is 3.20. The standard InChI is InChI=1S/C20H18N4O3/c1-25-14-7-3-2-6-13(14)16-19(12-23)17(24)27-20(26-16)9-5-4-8-15(20)18(19,10-21)11-22/h2-3,6-7,15-16,24H,4-5,8-9H2,1H3/t15-,16-,19-,20-/m1/s1. The lowest BCUT2D eigenvalue weighted by Crippen LogP contribution is -2.73. The lowest BCUT2D eigenvalue weighted by Gasteiger charge is -2.63. The van der Waals surface area contributed by atoms with Gasteiger partial charge in [-0.25, -0.2) is 0 Å². The molecule has 4 atom stereocenters. The zero-order chi connectivity index (χ0) is 19.3. The number of nitriles is 3. The minimum absolute atomic E-state index is 0.367. The Kier molecular flexibility index (Phi) is 3.67. The summed E-state index contributed by atoms with van der Waals surface area (Å²) >= 11 is 0. The SMILES string of the molecule is COc1ccccc1[C@H]1O[C@@]23CCCC[C@@H]2C(C#N)(C#N)[C@@]1(C#N)C(=N)O3. The van der Waals surface area contributed by atoms with Crippen molar-refractivity contribution in [2.75, 3.05) is 7.11 Å². The summed E-state index contributed by atoms with van der Waals surface area (Å²) in [4.78, 5) is 0. The summed E-state index contributed by atoms with van der Waals surface area (Å²) in [5, 5.41) is 39.1. The van der Waals surface area contributed by atoms with Crippen LogP contribution in [0.3, 0.4) is 0 Å². The molecule has 1 aromatic carbocycles. The van der Waals surface area contributed by atoms with E-state index in [1.54, 1.807) is 24.3 Å². The van der Waals surface area contributed by atoms with Crippen molar-refractivity contribution >= 4 is 5.90 Å². The molecule has 7 heteroatoms. The van der Waals surface area contributed by atoms with E-state index in [4.69, 9.17) is 19.6 Å². The van der Waals surface area contributed by atoms with Crippen LogP contribution >= 0.6 is 0 Å². The molecule has 3 heterocycles. The molecular weight excluding hydrogens is 344 g/mol. The van der Waals surface area contributed by atoms with Crippen molar-refractivity contribution in [3.05, 3.63) is 29.8 Å². The fourth-order valence-electron chi connectivity index (χ4n) is 5.00. The Hall–Kier alpha value is -3.08. The fourth-order valence-corrected chi connectivity index (χ4v) is 5.00. The van der Waals surface area contributed by atoms with E-state index < -0.39 is 28.6 Å². The quantitative estimate of drug-likeness (QED) is 0.861. The minimum atomic E-state index is -1.87. The Morgan fingerprint density at radius 2 is 1.89 bits per heavy atom. The molecule has 0 radical (unpaired) electrons. The first-order chi connectivity index (χ1) is 13.0. The van der Waals surface area contributed by atoms with Gasteiger partial charge in [0, 0.05) is 12.0 Å². The molecule has 0 unspecified atom stereocenters. The summed E-state index contributed by atoms with van der Waals surface area (Å²) < 4.78 is 17.6. The molecule has 1 aliphatic carbocycles. The molecule has 1 N–H and O–H groups in total. The topological polar surface area (TPSA) is 123 Å². The lowest BCUT2D eigenvalue weighted by atomic mass is 9.48. The summed E-state index contributed by atoms with van der Waals surface area (Å²) in [7, 11) is 1.50. The van der Waals surface area contributed by atoms with Crippen molar-refractivity contribution in [2.45, 2.75) is 37.6 Å². The molecule has 27 heavy (non-hydrogen) atoms. The molecule has 5 rings (SSSR count). The van der Waals surface area contributed by atoms with E-state index in [1.807, 2.05) is 0 Å². The first-order valence-electron chi connectivity index (χ1n) is 8.88. The number of nitrogens with one attached hydrogen (secondary N) is 1. The van der Waals surface area contributed by atoms with Gasteiger partial charge in [0.2, 0.25) is 11.7 Å². The van der Waals surface area contributed by atoms with Gasteiger partial charge < -0.3 is 14.2 Å². The number of para-hydroxylation sites is 1. The molecule has 1 saturated carbocycles. The maximum Gasteiger partial charge on any atom is 0.218 e. The van der Waals surface area contributed by atoms with Crippen molar-refractivity contribution < 1.29 is 14.2 Å². The van der Waals surface area contributed by atoms with E-state index in [1.165, 1.54) is 7.11 Å². The third-order valence-electron chi connectivity index (χ3n) is 6.24. The van der Waals surface area contributed by atoms with Gasteiger partial charge in [-0.05, 0) is 18.9 Å². The van der Waals surface area contributed by atoms with Gasteiger partial charge in [0.05, 0.1) is 31.2 Å². The number of nitrogens with zero attached hydrogens (tertiary/aromatic N) is 3. The van der Waals surface area contributed by atoms with Crippen LogP contribution in [0.4, 0.5) is 0 Å². The van der Waals surface area contributed by atoms with Crippen molar-refractivity contribution in [2.24, 2.45) is 16.7 Å². The number of ether oxygens (including phenoxy) is 3. The highest BCUT2D eigenvalue weighted by molar-refractivity contribution is 5.89. The molecule has 1 aromatic rings. The Morgan fingerprint density at radius 3 is 2.56 bits per heavy atom. The van der Waals surface area contributed by atoms with Gasteiger partial charge in [0.1, 0.15) is 11.9 Å². The summed E-state index contributed by atoms with van der Waals surface area (Å²) in [6.07, 6.45) is 1.62. The monoisotopic (exact) mass is 362 g/mol. The number of hydrogen-bond donors (Lipinski definition) is 1. The molecule has 0 aromatic heterocycles. The molecule has 7 nitrogen and oxygen atoms in total. The highest BCUT2D eigenvalue weighted by Crippen LogP contribution is 2.69. The van der Waals surface area contributed by atoms with E-state index in [9.17, 15) is 15.8 Å². The Bertz CT molecular complexity index is 926. The number of fused-ring (bicyclic) bond motifs is 2. The van der Waals surface area contributed by atoms with E-state index in [0.717, 1.165) is 12.8 Å². The summed E-state index contributed by atoms with van der Waals surface area (Å²) in [5.74, 6) is -1.72. The average Bonchev–Trinajstić information content (AvgIpc) is 2.71. The van der Waals surface area contributed by atoms with Gasteiger partial charge in [0.25, 0.3) is 0 Å². The highest BCUT2D eigenvalue weighted by atomic mass is 16.7. The van der Waals surface area contributed by atoms with Crippen molar-refractivity contribution in [3.8, 4) is 24.0 Å². The van der Waals surface area contributed by atoms with Crippen molar-refractivity contribution in [1.82, 2.24) is 0 Å². The van der Waals surface area contributed by atoms with Crippen molar-refractivity contribution in [3.63, 3.8) is 0 Å². The van der Waals surface area contributed by atoms with Crippen LogP contribution in [0.15, 0.2) is 24.3 Å². The summed E-state index contributed by atoms with van der Waals surface area (Å²) in [6, 6.07) is 13.4. The van der Waals surface area contributed by atoms with Gasteiger partial charge in [-0.15, -0.1) is 0 Å². The van der Waals surface area contributed by atoms with Crippen LogP contribution in [0.1, 0.15) is 37.4 Å². The maximum atomic E-state index is 10.2. The summed E-state index contributed by atoms with van der Waals surface area (Å²) in [6.45, 7) is 0. The van der Waals surface area contributed by atoms with Crippen LogP contribution in [0.5, 0.6) is 5.75 Å². The van der Waals surface area contributed by atoms with Crippen LogP contribution in [0.2, 0.25) is 0 Å². The van der Waals surface area contributed by atoms with Crippen LogP contribution in [0, 0.1) is 56.2 Å². The van der Waals surface area contributed by atoms with Crippen LogP contribution in [-0.4, -0.2) is 18.8 Å². The van der Waals surface area contributed by atoms with Gasteiger partial charge in [0.15, 0.2) is 10.8 Å². The summed E-state index contributed by atoms with van der Waals surface area (Å²) in [5.41, 5.74) is -3.07. The van der Waals surface area contributed by atoms with Gasteiger partial charge in [-0.1, -0.05) is 24.6 Å². The predicted molar refractivity (Wildman–Crippen MR) is 92.0 cm³/mol. The number of rotatable bonds is 2. The van der Waals surface area contributed by atoms with Crippen LogP contribution < -0.4 is 4.74 Å². The first kappa shape index (κ1) is 17.3. The molecule has 136 valence electrons. The molecule has 3 saturated heterocycles. The molecule has 2 bridgehead atoms. The largest absolute Gasteiger partial charge is 0.496 e. The molecule has 4 fully saturated rings. The second kappa shape index (κ2) is 5.71. The van der Waals surface area contributed by atoms with E-state index in [2.05, 4.69) is 18.2 Å². The molecule has 0 amide bonds. The van der Waals surface area contributed by atoms with E-state index >= 15 is 0 Å².